The molecule has 0 aliphatic rings. The molecule has 8 nitrogen and oxygen atoms in total. The summed E-state index contributed by atoms with van der Waals surface area (Å²) < 4.78 is 15.8. The first-order valence-corrected chi connectivity index (χ1v) is 5.10. The second kappa shape index (κ2) is 6.72. The molecule has 0 saturated heterocycles. The van der Waals surface area contributed by atoms with Crippen molar-refractivity contribution in [2.45, 2.75) is 0 Å². The van der Waals surface area contributed by atoms with Gasteiger partial charge in [0.25, 0.3) is 5.69 Å². The van der Waals surface area contributed by atoms with Gasteiger partial charge in [-0.3, -0.25) is 10.1 Å². The van der Waals surface area contributed by atoms with E-state index in [0.717, 1.165) is 6.07 Å². The van der Waals surface area contributed by atoms with E-state index >= 15 is 0 Å². The molecule has 0 N–H and O–H groups in total. The summed E-state index contributed by atoms with van der Waals surface area (Å²) in [5, 5.41) is 10.5. The van der Waals surface area contributed by atoms with Gasteiger partial charge in [0.1, 0.15) is 5.69 Å². The number of carbonyl (C=O) groups excluding carboxylic acids is 1. The normalized spacial score (nSPS) is 10.3. The van der Waals surface area contributed by atoms with Crippen LogP contribution in [-0.2, 0) is 21.3 Å². The Kier molecular flexibility index (Phi) is 5.28. The highest BCUT2D eigenvalue weighted by Gasteiger charge is 2.18. The van der Waals surface area contributed by atoms with Gasteiger partial charge in [-0.15, -0.1) is 0 Å². The van der Waals surface area contributed by atoms with E-state index in [4.69, 9.17) is 14.2 Å². The van der Waals surface area contributed by atoms with Crippen molar-refractivity contribution in [2.75, 3.05) is 27.1 Å². The molecule has 18 heavy (non-hydrogen) atoms. The van der Waals surface area contributed by atoms with Crippen LogP contribution >= 0.6 is 0 Å². The largest absolute Gasteiger partial charge is 0.434 e. The van der Waals surface area contributed by atoms with Crippen molar-refractivity contribution in [3.63, 3.8) is 0 Å². The molecule has 0 spiro atoms. The van der Waals surface area contributed by atoms with Crippen LogP contribution in [-0.4, -0.2) is 42.6 Å². The summed E-state index contributed by atoms with van der Waals surface area (Å²) in [6.45, 7) is 0.478. The zero-order valence-electron chi connectivity index (χ0n) is 10.1. The first-order chi connectivity index (χ1) is 8.56. The number of esters is 1. The van der Waals surface area contributed by atoms with E-state index in [1.165, 1.54) is 24.9 Å². The minimum atomic E-state index is -0.678. The van der Waals surface area contributed by atoms with Crippen LogP contribution in [0.5, 0.6) is 0 Å². The number of aromatic nitrogens is 1. The quantitative estimate of drug-likeness (QED) is 0.235. The maximum absolute atomic E-state index is 11.6. The van der Waals surface area contributed by atoms with E-state index in [2.05, 4.69) is 0 Å². The second-order valence-electron chi connectivity index (χ2n) is 3.40. The van der Waals surface area contributed by atoms with E-state index in [1.54, 1.807) is 0 Å². The Morgan fingerprint density at radius 1 is 1.50 bits per heavy atom. The van der Waals surface area contributed by atoms with Crippen LogP contribution in [0.15, 0.2) is 12.3 Å². The minimum absolute atomic E-state index is 0.0945. The van der Waals surface area contributed by atoms with Crippen LogP contribution in [0.25, 0.3) is 0 Å². The number of nitrogens with zero attached hydrogens (tertiary/aromatic N) is 2. The fourth-order valence-corrected chi connectivity index (χ4v) is 1.22. The van der Waals surface area contributed by atoms with Gasteiger partial charge in [0.15, 0.2) is 6.79 Å². The molecule has 0 atom stereocenters. The highest BCUT2D eigenvalue weighted by molar-refractivity contribution is 5.88. The van der Waals surface area contributed by atoms with Crippen molar-refractivity contribution < 1.29 is 23.9 Å². The second-order valence-corrected chi connectivity index (χ2v) is 3.40. The highest BCUT2D eigenvalue weighted by Crippen LogP contribution is 2.15. The van der Waals surface area contributed by atoms with Crippen molar-refractivity contribution in [3.8, 4) is 0 Å². The summed E-state index contributed by atoms with van der Waals surface area (Å²) >= 11 is 0. The molecule has 100 valence electrons. The molecule has 0 unspecified atom stereocenters. The van der Waals surface area contributed by atoms with Crippen molar-refractivity contribution in [2.24, 2.45) is 7.05 Å². The van der Waals surface area contributed by atoms with E-state index in [-0.39, 0.29) is 18.2 Å². The SMILES string of the molecule is COCCOCOC(=O)c1cc([N+](=O)[O-])cn1C. The molecule has 8 heteroatoms. The summed E-state index contributed by atoms with van der Waals surface area (Å²) in [5.74, 6) is -0.678. The van der Waals surface area contributed by atoms with Gasteiger partial charge in [-0.2, -0.15) is 0 Å². The average molecular weight is 258 g/mol. The van der Waals surface area contributed by atoms with E-state index in [0.29, 0.717) is 13.2 Å². The number of nitro groups is 1. The van der Waals surface area contributed by atoms with Crippen LogP contribution in [0.3, 0.4) is 0 Å². The van der Waals surface area contributed by atoms with Crippen LogP contribution in [0.2, 0.25) is 0 Å². The van der Waals surface area contributed by atoms with Gasteiger partial charge < -0.3 is 18.8 Å². The molecule has 0 aromatic carbocycles. The molecule has 0 bridgehead atoms. The van der Waals surface area contributed by atoms with Crippen LogP contribution in [0.1, 0.15) is 10.5 Å². The fraction of sp³-hybridized carbons (Fsp3) is 0.500. The zero-order chi connectivity index (χ0) is 13.5. The maximum atomic E-state index is 11.6. The Bertz CT molecular complexity index is 428. The van der Waals surface area contributed by atoms with Gasteiger partial charge in [-0.25, -0.2) is 4.79 Å². The summed E-state index contributed by atoms with van der Waals surface area (Å²) in [6.07, 6.45) is 1.24. The Labute approximate surface area is 103 Å². The third kappa shape index (κ3) is 3.82. The lowest BCUT2D eigenvalue weighted by molar-refractivity contribution is -0.384. The van der Waals surface area contributed by atoms with Crippen LogP contribution in [0.4, 0.5) is 5.69 Å². The monoisotopic (exact) mass is 258 g/mol. The summed E-state index contributed by atoms with van der Waals surface area (Å²) in [6, 6.07) is 1.15. The minimum Gasteiger partial charge on any atom is -0.434 e. The number of hydrogen-bond donors (Lipinski definition) is 0. The molecule has 0 fully saturated rings. The van der Waals surface area contributed by atoms with E-state index in [1.807, 2.05) is 0 Å². The number of aryl methyl sites for hydroxylation is 1. The van der Waals surface area contributed by atoms with Crippen molar-refractivity contribution in [1.82, 2.24) is 4.57 Å². The molecule has 0 saturated carbocycles. The molecular weight excluding hydrogens is 244 g/mol. The number of methoxy groups -OCH3 is 1. The number of hydrogen-bond acceptors (Lipinski definition) is 6. The molecular formula is C10H14N2O6. The average Bonchev–Trinajstić information content (AvgIpc) is 2.71. The summed E-state index contributed by atoms with van der Waals surface area (Å²) in [7, 11) is 3.05. The lowest BCUT2D eigenvalue weighted by atomic mass is 10.4. The predicted octanol–water partition coefficient (Wildman–Crippen LogP) is 0.711. The Morgan fingerprint density at radius 2 is 2.22 bits per heavy atom. The smallest absolute Gasteiger partial charge is 0.357 e. The predicted molar refractivity (Wildman–Crippen MR) is 60.2 cm³/mol. The Morgan fingerprint density at radius 3 is 2.78 bits per heavy atom. The summed E-state index contributed by atoms with van der Waals surface area (Å²) in [4.78, 5) is 21.5. The fourth-order valence-electron chi connectivity index (χ4n) is 1.22. The number of carbonyl (C=O) groups is 1. The van der Waals surface area contributed by atoms with Crippen LogP contribution < -0.4 is 0 Å². The Hall–Kier alpha value is -1.93. The molecule has 1 heterocycles. The van der Waals surface area contributed by atoms with Gasteiger partial charge in [-0.1, -0.05) is 0 Å². The lowest BCUT2D eigenvalue weighted by Gasteiger charge is -2.05. The van der Waals surface area contributed by atoms with Crippen LogP contribution in [0, 0.1) is 10.1 Å². The summed E-state index contributed by atoms with van der Waals surface area (Å²) in [5.41, 5.74) is -0.0678. The van der Waals surface area contributed by atoms with Crippen molar-refractivity contribution in [3.05, 3.63) is 28.1 Å². The third-order valence-corrected chi connectivity index (χ3v) is 2.12. The molecule has 0 radical (unpaired) electrons. The lowest BCUT2D eigenvalue weighted by Crippen LogP contribution is -2.13. The molecule has 1 aromatic rings. The van der Waals surface area contributed by atoms with Gasteiger partial charge >= 0.3 is 5.97 Å². The zero-order valence-corrected chi connectivity index (χ0v) is 10.1. The first-order valence-electron chi connectivity index (χ1n) is 5.10. The standard InChI is InChI=1S/C10H14N2O6/c1-11-6-8(12(14)15)5-9(11)10(13)18-7-17-4-3-16-2/h5-6H,3-4,7H2,1-2H3. The van der Waals surface area contributed by atoms with E-state index in [9.17, 15) is 14.9 Å². The molecule has 1 aromatic heterocycles. The van der Waals surface area contributed by atoms with Gasteiger partial charge in [-0.05, 0) is 0 Å². The van der Waals surface area contributed by atoms with Crippen molar-refractivity contribution >= 4 is 11.7 Å². The van der Waals surface area contributed by atoms with Crippen molar-refractivity contribution in [1.29, 1.82) is 0 Å². The topological polar surface area (TPSA) is 92.8 Å². The highest BCUT2D eigenvalue weighted by atomic mass is 16.7. The molecule has 1 rings (SSSR count). The van der Waals surface area contributed by atoms with Gasteiger partial charge in [0, 0.05) is 20.2 Å². The number of rotatable bonds is 7. The van der Waals surface area contributed by atoms with Gasteiger partial charge in [0.05, 0.1) is 24.3 Å². The maximum Gasteiger partial charge on any atom is 0.357 e. The Balaban J connectivity index is 2.48. The first kappa shape index (κ1) is 14.1. The molecule has 0 aliphatic carbocycles. The number of ether oxygens (including phenoxy) is 3. The molecule has 0 aliphatic heterocycles. The molecule has 0 amide bonds. The third-order valence-electron chi connectivity index (χ3n) is 2.12. The van der Waals surface area contributed by atoms with Gasteiger partial charge in [0.2, 0.25) is 0 Å². The van der Waals surface area contributed by atoms with E-state index < -0.39 is 10.9 Å².